The average molecular weight is 515 g/mol. The Morgan fingerprint density at radius 2 is 1.40 bits per heavy atom. The van der Waals surface area contributed by atoms with Crippen LogP contribution < -0.4 is 0 Å². The van der Waals surface area contributed by atoms with E-state index in [1.54, 1.807) is 0 Å². The molecule has 3 nitrogen and oxygen atoms in total. The van der Waals surface area contributed by atoms with Gasteiger partial charge in [-0.1, -0.05) is 54.6 Å². The van der Waals surface area contributed by atoms with Crippen molar-refractivity contribution in [2.75, 3.05) is 0 Å². The van der Waals surface area contributed by atoms with E-state index in [2.05, 4.69) is 125 Å². The molecular weight excluding hydrogens is 488 g/mol. The molecule has 8 aromatic rings. The van der Waals surface area contributed by atoms with E-state index in [0.29, 0.717) is 11.8 Å². The molecule has 190 valence electrons. The van der Waals surface area contributed by atoms with Gasteiger partial charge in [-0.15, -0.1) is 0 Å². The van der Waals surface area contributed by atoms with Gasteiger partial charge in [-0.05, 0) is 95.6 Å². The number of allylic oxidation sites excluding steroid dienone is 1. The van der Waals surface area contributed by atoms with Crippen LogP contribution in [0.1, 0.15) is 25.0 Å². The molecule has 3 aromatic heterocycles. The highest BCUT2D eigenvalue weighted by Crippen LogP contribution is 2.55. The maximum Gasteiger partial charge on any atom is 0.135 e. The largest absolute Gasteiger partial charge is 0.456 e. The smallest absolute Gasteiger partial charge is 0.135 e. The van der Waals surface area contributed by atoms with E-state index in [1.807, 2.05) is 0 Å². The highest BCUT2D eigenvalue weighted by atomic mass is 16.3. The van der Waals surface area contributed by atoms with Crippen molar-refractivity contribution >= 4 is 60.7 Å². The van der Waals surface area contributed by atoms with Crippen LogP contribution in [0, 0.1) is 5.92 Å². The molecule has 1 fully saturated rings. The summed E-state index contributed by atoms with van der Waals surface area (Å²) in [6.07, 6.45) is 6.03. The Morgan fingerprint density at radius 1 is 0.675 bits per heavy atom. The molecule has 0 bridgehead atoms. The Kier molecular flexibility index (Phi) is 3.83. The van der Waals surface area contributed by atoms with Gasteiger partial charge in [0.2, 0.25) is 0 Å². The first-order valence-corrected chi connectivity index (χ1v) is 14.1. The number of rotatable bonds is 2. The van der Waals surface area contributed by atoms with Gasteiger partial charge in [-0.3, -0.25) is 0 Å². The van der Waals surface area contributed by atoms with Crippen molar-refractivity contribution in [1.29, 1.82) is 0 Å². The molecule has 2 aliphatic carbocycles. The van der Waals surface area contributed by atoms with Crippen LogP contribution in [-0.4, -0.2) is 9.55 Å². The van der Waals surface area contributed by atoms with E-state index >= 15 is 0 Å². The number of hydrogen-bond donors (Lipinski definition) is 1. The molecule has 0 saturated heterocycles. The van der Waals surface area contributed by atoms with Crippen LogP contribution in [0.2, 0.25) is 0 Å². The van der Waals surface area contributed by atoms with Crippen LogP contribution in [0.15, 0.2) is 114 Å². The molecule has 1 saturated carbocycles. The zero-order valence-electron chi connectivity index (χ0n) is 21.7. The van der Waals surface area contributed by atoms with Gasteiger partial charge in [0.05, 0.1) is 11.2 Å². The molecule has 0 aliphatic heterocycles. The maximum atomic E-state index is 6.33. The molecule has 0 amide bonds. The zero-order valence-corrected chi connectivity index (χ0v) is 21.7. The predicted octanol–water partition coefficient (Wildman–Crippen LogP) is 10.2. The third-order valence-corrected chi connectivity index (χ3v) is 9.21. The lowest BCUT2D eigenvalue weighted by Crippen LogP contribution is -1.99. The third kappa shape index (κ3) is 2.74. The number of benzene rings is 5. The summed E-state index contributed by atoms with van der Waals surface area (Å²) < 4.78 is 8.77. The monoisotopic (exact) mass is 514 g/mol. The Hall–Kier alpha value is -5.02. The van der Waals surface area contributed by atoms with Crippen LogP contribution in [0.25, 0.3) is 77.5 Å². The lowest BCUT2D eigenvalue weighted by molar-refractivity contribution is 0.669. The van der Waals surface area contributed by atoms with Gasteiger partial charge < -0.3 is 14.0 Å². The zero-order chi connectivity index (χ0) is 25.9. The summed E-state index contributed by atoms with van der Waals surface area (Å²) in [6.45, 7) is 0. The molecule has 0 spiro atoms. The number of hydrogen-bond acceptors (Lipinski definition) is 1. The normalized spacial score (nSPS) is 17.8. The van der Waals surface area contributed by atoms with E-state index in [1.165, 1.54) is 67.2 Å². The van der Waals surface area contributed by atoms with Gasteiger partial charge in [-0.25, -0.2) is 0 Å². The molecule has 3 heteroatoms. The van der Waals surface area contributed by atoms with Gasteiger partial charge in [0.25, 0.3) is 0 Å². The van der Waals surface area contributed by atoms with Crippen molar-refractivity contribution in [2.45, 2.75) is 12.3 Å². The lowest BCUT2D eigenvalue weighted by atomic mass is 10.0. The van der Waals surface area contributed by atoms with Gasteiger partial charge in [0.15, 0.2) is 0 Å². The van der Waals surface area contributed by atoms with Crippen LogP contribution in [-0.2, 0) is 0 Å². The average Bonchev–Trinajstić information content (AvgIpc) is 3.41. The minimum Gasteiger partial charge on any atom is -0.456 e. The fraction of sp³-hybridized carbons (Fsp3) is 0.0811. The van der Waals surface area contributed by atoms with Crippen LogP contribution in [0.4, 0.5) is 0 Å². The first kappa shape index (κ1) is 20.9. The van der Waals surface area contributed by atoms with Gasteiger partial charge in [0, 0.05) is 45.1 Å². The molecule has 2 atom stereocenters. The van der Waals surface area contributed by atoms with E-state index in [9.17, 15) is 0 Å². The van der Waals surface area contributed by atoms with Crippen molar-refractivity contribution in [1.82, 2.24) is 9.55 Å². The summed E-state index contributed by atoms with van der Waals surface area (Å²) in [6, 6.07) is 37.3. The molecule has 40 heavy (non-hydrogen) atoms. The summed E-state index contributed by atoms with van der Waals surface area (Å²) in [4.78, 5) is 3.54. The molecule has 2 unspecified atom stereocenters. The maximum absolute atomic E-state index is 6.33. The fourth-order valence-electron chi connectivity index (χ4n) is 7.20. The quantitative estimate of drug-likeness (QED) is 0.245. The van der Waals surface area contributed by atoms with Gasteiger partial charge in [-0.2, -0.15) is 0 Å². The number of fused-ring (bicyclic) bond motifs is 11. The molecule has 5 aromatic carbocycles. The van der Waals surface area contributed by atoms with Crippen LogP contribution in [0.3, 0.4) is 0 Å². The highest BCUT2D eigenvalue weighted by Gasteiger charge is 2.42. The summed E-state index contributed by atoms with van der Waals surface area (Å²) in [7, 11) is 0. The number of para-hydroxylation sites is 2. The van der Waals surface area contributed by atoms with Crippen LogP contribution in [0.5, 0.6) is 0 Å². The van der Waals surface area contributed by atoms with Crippen LogP contribution >= 0.6 is 0 Å². The van der Waals surface area contributed by atoms with Gasteiger partial charge >= 0.3 is 0 Å². The van der Waals surface area contributed by atoms with Crippen molar-refractivity contribution < 1.29 is 5.84 Å². The van der Waals surface area contributed by atoms with E-state index in [0.717, 1.165) is 21.9 Å². The van der Waals surface area contributed by atoms with E-state index < -0.39 is 0 Å². The first-order valence-electron chi connectivity index (χ1n) is 14.1. The third-order valence-electron chi connectivity index (χ3n) is 9.21. The van der Waals surface area contributed by atoms with Gasteiger partial charge in [0.1, 0.15) is 11.2 Å². The summed E-state index contributed by atoms with van der Waals surface area (Å²) in [5, 5.41) is 6.20. The van der Waals surface area contributed by atoms with Crippen molar-refractivity contribution in [3.63, 3.8) is 0 Å². The van der Waals surface area contributed by atoms with E-state index in [-0.39, 0.29) is 1.43 Å². The fourth-order valence-corrected chi connectivity index (χ4v) is 7.20. The van der Waals surface area contributed by atoms with Crippen molar-refractivity contribution in [3.8, 4) is 16.8 Å². The molecular formula is C37H26N2O. The molecule has 2 aliphatic rings. The topological polar surface area (TPSA) is 33.9 Å². The SMILES string of the molecule is C1=CC2CC2c2c1n(-c1ccc3oc4ccc(-c5ccc6[nH]c7ccccc7c6c5)cc4c3c1)c1ccccc21.[HH]. The number of nitrogens with one attached hydrogen (secondary N) is 1. The second-order valence-electron chi connectivity index (χ2n) is 11.4. The standard InChI is InChI=1S/C37H24N2O.H2/c1-3-7-31-25(5-1)28-17-21(9-13-32(28)38-31)22-11-15-35-29(18-22)30-20-24(12-16-36(30)40-35)39-33-8-4-2-6-26(33)37-27-19-23(27)10-14-34(37)39;/h1-18,20,23,27,38H,19H2;1H. The predicted molar refractivity (Wildman–Crippen MR) is 167 cm³/mol. The molecule has 3 heterocycles. The highest BCUT2D eigenvalue weighted by molar-refractivity contribution is 6.10. The lowest BCUT2D eigenvalue weighted by Gasteiger charge is -2.12. The number of aromatic amines is 1. The number of aromatic nitrogens is 2. The van der Waals surface area contributed by atoms with Crippen molar-refractivity contribution in [3.05, 3.63) is 120 Å². The Morgan fingerprint density at radius 3 is 2.33 bits per heavy atom. The molecule has 1 N–H and O–H groups in total. The number of nitrogens with zero attached hydrogens (tertiary/aromatic N) is 1. The Balaban J connectivity index is 0.00000240. The Bertz CT molecular complexity index is 2380. The van der Waals surface area contributed by atoms with E-state index in [4.69, 9.17) is 4.42 Å². The minimum atomic E-state index is 0. The summed E-state index contributed by atoms with van der Waals surface area (Å²) in [5.41, 5.74) is 11.9. The molecule has 0 radical (unpaired) electrons. The molecule has 10 rings (SSSR count). The minimum absolute atomic E-state index is 0. The summed E-state index contributed by atoms with van der Waals surface area (Å²) >= 11 is 0. The second kappa shape index (κ2) is 7.34. The second-order valence-corrected chi connectivity index (χ2v) is 11.4. The number of furan rings is 1. The Labute approximate surface area is 231 Å². The number of H-pyrrole nitrogens is 1. The first-order chi connectivity index (χ1) is 19.8. The summed E-state index contributed by atoms with van der Waals surface area (Å²) in [5.74, 6) is 1.38. The van der Waals surface area contributed by atoms with Crippen molar-refractivity contribution in [2.24, 2.45) is 5.92 Å².